The number of sulfonamides is 1. The monoisotopic (exact) mass is 335 g/mol. The summed E-state index contributed by atoms with van der Waals surface area (Å²) in [6.45, 7) is 2.17. The van der Waals surface area contributed by atoms with Crippen molar-refractivity contribution in [2.75, 3.05) is 19.7 Å². The minimum Gasteiger partial charge on any atom is -0.477 e. The third-order valence-electron chi connectivity index (χ3n) is 3.00. The molecule has 0 aliphatic carbocycles. The molecule has 0 fully saturated rings. The van der Waals surface area contributed by atoms with Gasteiger partial charge in [0.05, 0.1) is 6.61 Å². The van der Waals surface area contributed by atoms with Crippen molar-refractivity contribution in [1.82, 2.24) is 4.31 Å². The van der Waals surface area contributed by atoms with E-state index in [9.17, 15) is 13.2 Å². The minimum atomic E-state index is -3.73. The SMILES string of the molecule is CCCCCCN(CCO)S(=O)(=O)c1ccc(C(=O)O)s1. The van der Waals surface area contributed by atoms with Crippen molar-refractivity contribution in [2.24, 2.45) is 0 Å². The van der Waals surface area contributed by atoms with Crippen LogP contribution in [0.5, 0.6) is 0 Å². The van der Waals surface area contributed by atoms with Gasteiger partial charge in [0, 0.05) is 13.1 Å². The van der Waals surface area contributed by atoms with Crippen LogP contribution in [0, 0.1) is 0 Å². The van der Waals surface area contributed by atoms with E-state index in [-0.39, 0.29) is 22.2 Å². The molecule has 8 heteroatoms. The number of unbranched alkanes of at least 4 members (excludes halogenated alkanes) is 3. The van der Waals surface area contributed by atoms with E-state index in [0.29, 0.717) is 6.54 Å². The summed E-state index contributed by atoms with van der Waals surface area (Å²) in [4.78, 5) is 10.8. The lowest BCUT2D eigenvalue weighted by Gasteiger charge is -2.20. The Morgan fingerprint density at radius 1 is 1.24 bits per heavy atom. The third-order valence-corrected chi connectivity index (χ3v) is 6.44. The average Bonchev–Trinajstić information content (AvgIpc) is 2.92. The summed E-state index contributed by atoms with van der Waals surface area (Å²) in [6, 6.07) is 2.59. The Hall–Kier alpha value is -0.960. The molecule has 0 radical (unpaired) electrons. The molecule has 0 amide bonds. The van der Waals surface area contributed by atoms with Gasteiger partial charge in [0.15, 0.2) is 0 Å². The first kappa shape index (κ1) is 18.1. The Kier molecular flexibility index (Phi) is 7.30. The highest BCUT2D eigenvalue weighted by molar-refractivity contribution is 7.91. The molecule has 0 aromatic carbocycles. The van der Waals surface area contributed by atoms with Gasteiger partial charge in [-0.25, -0.2) is 13.2 Å². The Morgan fingerprint density at radius 3 is 2.48 bits per heavy atom. The van der Waals surface area contributed by atoms with Crippen LogP contribution in [0.1, 0.15) is 42.3 Å². The normalized spacial score (nSPS) is 12.0. The molecule has 0 saturated heterocycles. The Morgan fingerprint density at radius 2 is 1.95 bits per heavy atom. The second kappa shape index (κ2) is 8.47. The lowest BCUT2D eigenvalue weighted by molar-refractivity contribution is 0.0702. The third kappa shape index (κ3) is 5.06. The summed E-state index contributed by atoms with van der Waals surface area (Å²) in [7, 11) is -3.73. The fraction of sp³-hybridized carbons (Fsp3) is 0.615. The first-order chi connectivity index (χ1) is 9.93. The number of hydrogen-bond donors (Lipinski definition) is 2. The van der Waals surface area contributed by atoms with E-state index in [1.807, 2.05) is 0 Å². The first-order valence-electron chi connectivity index (χ1n) is 6.87. The molecular formula is C13H21NO5S2. The van der Waals surface area contributed by atoms with E-state index in [1.54, 1.807) is 0 Å². The summed E-state index contributed by atoms with van der Waals surface area (Å²) in [5.74, 6) is -1.14. The number of carbonyl (C=O) groups is 1. The molecule has 120 valence electrons. The lowest BCUT2D eigenvalue weighted by Crippen LogP contribution is -2.34. The fourth-order valence-electron chi connectivity index (χ4n) is 1.88. The van der Waals surface area contributed by atoms with Crippen molar-refractivity contribution in [3.8, 4) is 0 Å². The predicted octanol–water partition coefficient (Wildman–Crippen LogP) is 2.01. The van der Waals surface area contributed by atoms with E-state index >= 15 is 0 Å². The van der Waals surface area contributed by atoms with Gasteiger partial charge in [0.2, 0.25) is 0 Å². The Bertz CT molecular complexity index is 553. The molecule has 6 nitrogen and oxygen atoms in total. The number of hydrogen-bond acceptors (Lipinski definition) is 5. The molecule has 1 rings (SSSR count). The molecule has 1 heterocycles. The summed E-state index contributed by atoms with van der Waals surface area (Å²) in [5.41, 5.74) is 0. The zero-order valence-electron chi connectivity index (χ0n) is 12.0. The predicted molar refractivity (Wildman–Crippen MR) is 81.3 cm³/mol. The number of carboxylic acid groups (broad SMARTS) is 1. The largest absolute Gasteiger partial charge is 0.477 e. The van der Waals surface area contributed by atoms with Crippen LogP contribution in [-0.4, -0.2) is 48.6 Å². The number of aliphatic hydroxyl groups is 1. The lowest BCUT2D eigenvalue weighted by atomic mass is 10.2. The van der Waals surface area contributed by atoms with Gasteiger partial charge in [-0.2, -0.15) is 4.31 Å². The van der Waals surface area contributed by atoms with E-state index in [1.165, 1.54) is 16.4 Å². The molecule has 0 bridgehead atoms. The van der Waals surface area contributed by atoms with Crippen LogP contribution in [0.25, 0.3) is 0 Å². The number of aromatic carboxylic acids is 1. The van der Waals surface area contributed by atoms with E-state index < -0.39 is 16.0 Å². The maximum Gasteiger partial charge on any atom is 0.345 e. The minimum absolute atomic E-state index is 0.00356. The van der Waals surface area contributed by atoms with Gasteiger partial charge >= 0.3 is 5.97 Å². The quantitative estimate of drug-likeness (QED) is 0.638. The average molecular weight is 335 g/mol. The van der Waals surface area contributed by atoms with E-state index in [2.05, 4.69) is 6.92 Å². The summed E-state index contributed by atoms with van der Waals surface area (Å²) in [5, 5.41) is 17.9. The van der Waals surface area contributed by atoms with E-state index in [0.717, 1.165) is 37.0 Å². The van der Waals surface area contributed by atoms with Gasteiger partial charge in [-0.15, -0.1) is 11.3 Å². The topological polar surface area (TPSA) is 94.9 Å². The van der Waals surface area contributed by atoms with Gasteiger partial charge in [-0.3, -0.25) is 0 Å². The number of rotatable bonds is 10. The van der Waals surface area contributed by atoms with Crippen molar-refractivity contribution >= 4 is 27.3 Å². The molecule has 0 aliphatic rings. The molecule has 1 aromatic heterocycles. The zero-order valence-corrected chi connectivity index (χ0v) is 13.6. The van der Waals surface area contributed by atoms with Gasteiger partial charge in [0.25, 0.3) is 10.0 Å². The molecule has 0 saturated carbocycles. The maximum atomic E-state index is 12.5. The first-order valence-corrected chi connectivity index (χ1v) is 9.13. The number of aliphatic hydroxyl groups excluding tert-OH is 1. The Balaban J connectivity index is 2.84. The van der Waals surface area contributed by atoms with Crippen LogP contribution in [0.15, 0.2) is 16.3 Å². The summed E-state index contributed by atoms with van der Waals surface area (Å²) < 4.78 is 26.1. The number of nitrogens with zero attached hydrogens (tertiary/aromatic N) is 1. The highest BCUT2D eigenvalue weighted by Gasteiger charge is 2.26. The highest BCUT2D eigenvalue weighted by Crippen LogP contribution is 2.25. The standard InChI is InChI=1S/C13H21NO5S2/c1-2-3-4-5-8-14(9-10-15)21(18,19)12-7-6-11(20-12)13(16)17/h6-7,15H,2-5,8-10H2,1H3,(H,16,17). The van der Waals surface area contributed by atoms with Crippen LogP contribution in [-0.2, 0) is 10.0 Å². The van der Waals surface area contributed by atoms with Crippen molar-refractivity contribution < 1.29 is 23.4 Å². The fourth-order valence-corrected chi connectivity index (χ4v) is 4.65. The second-order valence-corrected chi connectivity index (χ2v) is 7.86. The smallest absolute Gasteiger partial charge is 0.345 e. The van der Waals surface area contributed by atoms with Crippen LogP contribution < -0.4 is 0 Å². The maximum absolute atomic E-state index is 12.5. The Labute approximate surface area is 129 Å². The number of thiophene rings is 1. The van der Waals surface area contributed by atoms with Crippen LogP contribution >= 0.6 is 11.3 Å². The van der Waals surface area contributed by atoms with Crippen LogP contribution in [0.3, 0.4) is 0 Å². The highest BCUT2D eigenvalue weighted by atomic mass is 32.2. The summed E-state index contributed by atoms with van der Waals surface area (Å²) in [6.07, 6.45) is 3.75. The van der Waals surface area contributed by atoms with E-state index in [4.69, 9.17) is 10.2 Å². The van der Waals surface area contributed by atoms with Gasteiger partial charge in [-0.1, -0.05) is 26.2 Å². The number of carboxylic acids is 1. The van der Waals surface area contributed by atoms with Gasteiger partial charge in [-0.05, 0) is 18.6 Å². The second-order valence-electron chi connectivity index (χ2n) is 4.61. The molecule has 1 aromatic rings. The zero-order chi connectivity index (χ0) is 15.9. The molecule has 0 unspecified atom stereocenters. The summed E-state index contributed by atoms with van der Waals surface area (Å²) >= 11 is 0.735. The molecule has 0 atom stereocenters. The van der Waals surface area contributed by atoms with Gasteiger partial charge in [0.1, 0.15) is 9.09 Å². The molecule has 2 N–H and O–H groups in total. The van der Waals surface area contributed by atoms with Crippen LogP contribution in [0.2, 0.25) is 0 Å². The van der Waals surface area contributed by atoms with Crippen molar-refractivity contribution in [3.63, 3.8) is 0 Å². The molecule has 21 heavy (non-hydrogen) atoms. The van der Waals surface area contributed by atoms with Crippen molar-refractivity contribution in [3.05, 3.63) is 17.0 Å². The van der Waals surface area contributed by atoms with Crippen molar-refractivity contribution in [2.45, 2.75) is 36.8 Å². The van der Waals surface area contributed by atoms with Gasteiger partial charge < -0.3 is 10.2 Å². The molecular weight excluding hydrogens is 314 g/mol. The van der Waals surface area contributed by atoms with Crippen molar-refractivity contribution in [1.29, 1.82) is 0 Å². The molecule has 0 aliphatic heterocycles. The molecule has 0 spiro atoms. The van der Waals surface area contributed by atoms with Crippen LogP contribution in [0.4, 0.5) is 0 Å².